The third kappa shape index (κ3) is 3.84. The first-order valence-electron chi connectivity index (χ1n) is 8.48. The molecule has 2 saturated carbocycles. The largest absolute Gasteiger partial charge is 0.347 e. The molecule has 3 nitrogen and oxygen atoms in total. The van der Waals surface area contributed by atoms with Crippen LogP contribution in [0, 0.1) is 18.8 Å². The van der Waals surface area contributed by atoms with Gasteiger partial charge in [-0.3, -0.25) is 9.78 Å². The minimum absolute atomic E-state index is 0.126. The fourth-order valence-corrected chi connectivity index (χ4v) is 3.41. The number of amides is 1. The van der Waals surface area contributed by atoms with E-state index in [4.69, 9.17) is 0 Å². The Labute approximate surface area is 127 Å². The van der Waals surface area contributed by atoms with Gasteiger partial charge in [0.25, 0.3) is 0 Å². The van der Waals surface area contributed by atoms with Gasteiger partial charge in [0.1, 0.15) is 0 Å². The van der Waals surface area contributed by atoms with Crippen LogP contribution in [0.3, 0.4) is 0 Å². The van der Waals surface area contributed by atoms with Crippen molar-refractivity contribution in [2.24, 2.45) is 11.8 Å². The molecule has 1 amide bonds. The normalized spacial score (nSPS) is 21.6. The number of nitrogens with zero attached hydrogens (tertiary/aromatic N) is 1. The predicted octanol–water partition coefficient (Wildman–Crippen LogP) is 3.93. The van der Waals surface area contributed by atoms with Gasteiger partial charge in [-0.15, -0.1) is 0 Å². The Bertz CT molecular complexity index is 488. The standard InChI is InChI=1S/C18H26N2O/c1-13-7-6-10-16(19-13)17(14-11-12-14)20-18(21)15-8-4-2-3-5-9-15/h6-7,10,14-15,17H,2-5,8-9,11-12H2,1H3,(H,20,21)/t17-/m1/s1. The van der Waals surface area contributed by atoms with Crippen molar-refractivity contribution in [1.29, 1.82) is 0 Å². The minimum Gasteiger partial charge on any atom is -0.347 e. The summed E-state index contributed by atoms with van der Waals surface area (Å²) in [5.41, 5.74) is 2.07. The first-order valence-corrected chi connectivity index (χ1v) is 8.48. The van der Waals surface area contributed by atoms with Crippen molar-refractivity contribution in [2.75, 3.05) is 0 Å². The maximum atomic E-state index is 12.6. The molecule has 1 heterocycles. The van der Waals surface area contributed by atoms with Gasteiger partial charge in [-0.25, -0.2) is 0 Å². The molecule has 1 aromatic heterocycles. The van der Waals surface area contributed by atoms with Crippen LogP contribution in [-0.2, 0) is 4.79 Å². The van der Waals surface area contributed by atoms with E-state index in [1.54, 1.807) is 0 Å². The van der Waals surface area contributed by atoms with Gasteiger partial charge < -0.3 is 5.32 Å². The smallest absolute Gasteiger partial charge is 0.223 e. The number of aromatic nitrogens is 1. The molecular formula is C18H26N2O. The van der Waals surface area contributed by atoms with Crippen LogP contribution in [0.5, 0.6) is 0 Å². The lowest BCUT2D eigenvalue weighted by atomic mass is 9.98. The van der Waals surface area contributed by atoms with E-state index >= 15 is 0 Å². The average molecular weight is 286 g/mol. The van der Waals surface area contributed by atoms with Crippen LogP contribution < -0.4 is 5.32 Å². The van der Waals surface area contributed by atoms with Crippen LogP contribution >= 0.6 is 0 Å². The van der Waals surface area contributed by atoms with Crippen LogP contribution in [0.4, 0.5) is 0 Å². The van der Waals surface area contributed by atoms with Crippen LogP contribution in [-0.4, -0.2) is 10.9 Å². The first kappa shape index (κ1) is 14.6. The summed E-state index contributed by atoms with van der Waals surface area (Å²) in [6, 6.07) is 6.25. The van der Waals surface area contributed by atoms with Gasteiger partial charge in [0, 0.05) is 11.6 Å². The molecule has 0 spiro atoms. The van der Waals surface area contributed by atoms with Crippen molar-refractivity contribution in [3.63, 3.8) is 0 Å². The highest BCUT2D eigenvalue weighted by molar-refractivity contribution is 5.79. The predicted molar refractivity (Wildman–Crippen MR) is 83.8 cm³/mol. The molecule has 0 unspecified atom stereocenters. The van der Waals surface area contributed by atoms with E-state index in [1.807, 2.05) is 19.1 Å². The molecule has 2 aliphatic carbocycles. The second kappa shape index (κ2) is 6.59. The number of aryl methyl sites for hydroxylation is 1. The van der Waals surface area contributed by atoms with Crippen molar-refractivity contribution >= 4 is 5.91 Å². The molecule has 1 N–H and O–H groups in total. The minimum atomic E-state index is 0.126. The number of carbonyl (C=O) groups is 1. The van der Waals surface area contributed by atoms with Crippen LogP contribution in [0.1, 0.15) is 68.8 Å². The SMILES string of the molecule is Cc1cccc([C@H](NC(=O)C2CCCCCC2)C2CC2)n1. The monoisotopic (exact) mass is 286 g/mol. The number of pyridine rings is 1. The fourth-order valence-electron chi connectivity index (χ4n) is 3.41. The highest BCUT2D eigenvalue weighted by Crippen LogP contribution is 2.40. The third-order valence-electron chi connectivity index (χ3n) is 4.85. The molecule has 1 atom stereocenters. The summed E-state index contributed by atoms with van der Waals surface area (Å²) in [5.74, 6) is 1.07. The number of carbonyl (C=O) groups excluding carboxylic acids is 1. The molecule has 2 aliphatic rings. The summed E-state index contributed by atoms with van der Waals surface area (Å²) in [7, 11) is 0. The lowest BCUT2D eigenvalue weighted by Gasteiger charge is -2.22. The second-order valence-corrected chi connectivity index (χ2v) is 6.72. The van der Waals surface area contributed by atoms with Crippen molar-refractivity contribution < 1.29 is 4.79 Å². The molecule has 0 aromatic carbocycles. The van der Waals surface area contributed by atoms with Crippen molar-refractivity contribution in [2.45, 2.75) is 64.3 Å². The Morgan fingerprint density at radius 1 is 1.14 bits per heavy atom. The number of rotatable bonds is 4. The maximum Gasteiger partial charge on any atom is 0.223 e. The average Bonchev–Trinajstić information content (AvgIpc) is 3.30. The van der Waals surface area contributed by atoms with Gasteiger partial charge in [-0.05, 0) is 50.7 Å². The van der Waals surface area contributed by atoms with E-state index in [-0.39, 0.29) is 17.9 Å². The fraction of sp³-hybridized carbons (Fsp3) is 0.667. The van der Waals surface area contributed by atoms with Gasteiger partial charge >= 0.3 is 0 Å². The first-order chi connectivity index (χ1) is 10.2. The van der Waals surface area contributed by atoms with Gasteiger partial charge in [0.15, 0.2) is 0 Å². The summed E-state index contributed by atoms with van der Waals surface area (Å²) in [6.45, 7) is 2.01. The molecule has 0 saturated heterocycles. The van der Waals surface area contributed by atoms with E-state index in [0.717, 1.165) is 24.2 Å². The van der Waals surface area contributed by atoms with Crippen LogP contribution in [0.15, 0.2) is 18.2 Å². The Balaban J connectivity index is 1.68. The molecule has 114 valence electrons. The summed E-state index contributed by atoms with van der Waals surface area (Å²) in [5, 5.41) is 3.32. The zero-order valence-electron chi connectivity index (χ0n) is 13.0. The molecule has 2 fully saturated rings. The van der Waals surface area contributed by atoms with Crippen molar-refractivity contribution in [3.05, 3.63) is 29.6 Å². The Kier molecular flexibility index (Phi) is 4.57. The lowest BCUT2D eigenvalue weighted by molar-refractivity contribution is -0.126. The molecular weight excluding hydrogens is 260 g/mol. The maximum absolute atomic E-state index is 12.6. The Morgan fingerprint density at radius 2 is 1.86 bits per heavy atom. The number of nitrogens with one attached hydrogen (secondary N) is 1. The van der Waals surface area contributed by atoms with Crippen molar-refractivity contribution in [1.82, 2.24) is 10.3 Å². The van der Waals surface area contributed by atoms with E-state index in [0.29, 0.717) is 5.92 Å². The molecule has 0 radical (unpaired) electrons. The van der Waals surface area contributed by atoms with Gasteiger partial charge in [-0.1, -0.05) is 31.7 Å². The molecule has 21 heavy (non-hydrogen) atoms. The van der Waals surface area contributed by atoms with Crippen LogP contribution in [0.2, 0.25) is 0 Å². The van der Waals surface area contributed by atoms with E-state index in [1.165, 1.54) is 38.5 Å². The zero-order chi connectivity index (χ0) is 14.7. The van der Waals surface area contributed by atoms with E-state index < -0.39 is 0 Å². The molecule has 0 bridgehead atoms. The highest BCUT2D eigenvalue weighted by Gasteiger charge is 2.35. The highest BCUT2D eigenvalue weighted by atomic mass is 16.1. The van der Waals surface area contributed by atoms with Gasteiger partial charge in [0.2, 0.25) is 5.91 Å². The van der Waals surface area contributed by atoms with Crippen molar-refractivity contribution in [3.8, 4) is 0 Å². The second-order valence-electron chi connectivity index (χ2n) is 6.72. The van der Waals surface area contributed by atoms with E-state index in [2.05, 4.69) is 16.4 Å². The van der Waals surface area contributed by atoms with Gasteiger partial charge in [0.05, 0.1) is 11.7 Å². The Hall–Kier alpha value is -1.38. The summed E-state index contributed by atoms with van der Waals surface area (Å²) >= 11 is 0. The topological polar surface area (TPSA) is 42.0 Å². The van der Waals surface area contributed by atoms with E-state index in [9.17, 15) is 4.79 Å². The quantitative estimate of drug-likeness (QED) is 0.852. The number of hydrogen-bond acceptors (Lipinski definition) is 2. The van der Waals surface area contributed by atoms with Crippen LogP contribution in [0.25, 0.3) is 0 Å². The third-order valence-corrected chi connectivity index (χ3v) is 4.85. The summed E-state index contributed by atoms with van der Waals surface area (Å²) in [6.07, 6.45) is 9.53. The summed E-state index contributed by atoms with van der Waals surface area (Å²) in [4.78, 5) is 17.2. The molecule has 3 heteroatoms. The molecule has 1 aromatic rings. The summed E-state index contributed by atoms with van der Waals surface area (Å²) < 4.78 is 0. The molecule has 3 rings (SSSR count). The molecule has 0 aliphatic heterocycles. The Morgan fingerprint density at radius 3 is 2.48 bits per heavy atom. The van der Waals surface area contributed by atoms with Gasteiger partial charge in [-0.2, -0.15) is 0 Å². The lowest BCUT2D eigenvalue weighted by Crippen LogP contribution is -2.35. The number of hydrogen-bond donors (Lipinski definition) is 1. The zero-order valence-corrected chi connectivity index (χ0v) is 13.0.